The molecule has 0 aliphatic heterocycles. The number of aromatic nitrogens is 1. The lowest BCUT2D eigenvalue weighted by atomic mass is 10.1. The summed E-state index contributed by atoms with van der Waals surface area (Å²) >= 11 is 2.29. The van der Waals surface area contributed by atoms with Gasteiger partial charge in [0.15, 0.2) is 0 Å². The average molecular weight is 299 g/mol. The summed E-state index contributed by atoms with van der Waals surface area (Å²) < 4.78 is 1.21. The molecule has 72 valence electrons. The Kier molecular flexibility index (Phi) is 2.58. The minimum Gasteiger partial charge on any atom is -0.322 e. The van der Waals surface area contributed by atoms with Crippen LogP contribution in [0.15, 0.2) is 29.1 Å². The molecule has 1 aromatic carbocycles. The molecule has 0 saturated carbocycles. The molecule has 1 heterocycles. The second-order valence-electron chi connectivity index (χ2n) is 3.21. The van der Waals surface area contributed by atoms with Gasteiger partial charge in [0.1, 0.15) is 0 Å². The summed E-state index contributed by atoms with van der Waals surface area (Å²) in [5.74, 6) is 0. The lowest BCUT2D eigenvalue weighted by molar-refractivity contribution is 1.13. The molecule has 1 N–H and O–H groups in total. The standard InChI is InChI=1S/C11H10INO/c1-2-7-5-9(12)6-8-3-4-10(14)13-11(7)8/h3-6H,2H2,1H3,(H,13,14). The minimum absolute atomic E-state index is 0.0339. The van der Waals surface area contributed by atoms with Crippen molar-refractivity contribution in [2.75, 3.05) is 0 Å². The third kappa shape index (κ3) is 1.68. The predicted molar refractivity (Wildman–Crippen MR) is 66.7 cm³/mol. The van der Waals surface area contributed by atoms with Gasteiger partial charge in [-0.3, -0.25) is 4.79 Å². The van der Waals surface area contributed by atoms with Gasteiger partial charge in [-0.05, 0) is 58.2 Å². The first kappa shape index (κ1) is 9.71. The fraction of sp³-hybridized carbons (Fsp3) is 0.182. The van der Waals surface area contributed by atoms with Crippen molar-refractivity contribution in [1.29, 1.82) is 0 Å². The number of pyridine rings is 1. The van der Waals surface area contributed by atoms with Crippen molar-refractivity contribution in [3.63, 3.8) is 0 Å². The number of halogens is 1. The monoisotopic (exact) mass is 299 g/mol. The predicted octanol–water partition coefficient (Wildman–Crippen LogP) is 2.70. The highest BCUT2D eigenvalue weighted by Crippen LogP contribution is 2.19. The number of aromatic amines is 1. The molecule has 0 amide bonds. The summed E-state index contributed by atoms with van der Waals surface area (Å²) in [5, 5.41) is 1.10. The maximum absolute atomic E-state index is 11.2. The summed E-state index contributed by atoms with van der Waals surface area (Å²) in [6.07, 6.45) is 0.938. The zero-order valence-corrected chi connectivity index (χ0v) is 9.96. The first-order valence-electron chi connectivity index (χ1n) is 4.52. The smallest absolute Gasteiger partial charge is 0.248 e. The molecule has 2 rings (SSSR count). The lowest BCUT2D eigenvalue weighted by Crippen LogP contribution is -2.04. The molecule has 2 aromatic rings. The van der Waals surface area contributed by atoms with E-state index in [9.17, 15) is 4.79 Å². The van der Waals surface area contributed by atoms with E-state index in [1.54, 1.807) is 6.07 Å². The Balaban J connectivity index is 2.88. The molecular weight excluding hydrogens is 289 g/mol. The summed E-state index contributed by atoms with van der Waals surface area (Å²) in [7, 11) is 0. The highest BCUT2D eigenvalue weighted by molar-refractivity contribution is 14.1. The van der Waals surface area contributed by atoms with Crippen molar-refractivity contribution in [1.82, 2.24) is 4.98 Å². The Bertz CT molecular complexity index is 530. The van der Waals surface area contributed by atoms with Crippen LogP contribution in [0.4, 0.5) is 0 Å². The van der Waals surface area contributed by atoms with E-state index in [0.29, 0.717) is 0 Å². The van der Waals surface area contributed by atoms with Crippen LogP contribution >= 0.6 is 22.6 Å². The van der Waals surface area contributed by atoms with E-state index in [2.05, 4.69) is 46.6 Å². The van der Waals surface area contributed by atoms with Crippen LogP contribution in [0.1, 0.15) is 12.5 Å². The van der Waals surface area contributed by atoms with E-state index in [0.717, 1.165) is 17.3 Å². The molecule has 1 aromatic heterocycles. The molecular formula is C11H10INO. The molecule has 0 unspecified atom stereocenters. The fourth-order valence-corrected chi connectivity index (χ4v) is 2.29. The van der Waals surface area contributed by atoms with Gasteiger partial charge in [0.25, 0.3) is 0 Å². The van der Waals surface area contributed by atoms with Crippen molar-refractivity contribution in [2.24, 2.45) is 0 Å². The number of aryl methyl sites for hydroxylation is 1. The van der Waals surface area contributed by atoms with E-state index < -0.39 is 0 Å². The number of benzene rings is 1. The molecule has 2 nitrogen and oxygen atoms in total. The van der Waals surface area contributed by atoms with Crippen LogP contribution in [0.2, 0.25) is 0 Å². The zero-order valence-electron chi connectivity index (χ0n) is 7.80. The molecule has 3 heteroatoms. The van der Waals surface area contributed by atoms with Gasteiger partial charge in [0.05, 0.1) is 5.52 Å². The maximum Gasteiger partial charge on any atom is 0.248 e. The SMILES string of the molecule is CCc1cc(I)cc2ccc(=O)[nH]c12. The summed E-state index contributed by atoms with van der Waals surface area (Å²) in [6.45, 7) is 2.09. The number of rotatable bonds is 1. The van der Waals surface area contributed by atoms with E-state index in [4.69, 9.17) is 0 Å². The molecule has 0 saturated heterocycles. The topological polar surface area (TPSA) is 32.9 Å². The van der Waals surface area contributed by atoms with Gasteiger partial charge in [0.2, 0.25) is 5.56 Å². The Morgan fingerprint density at radius 2 is 2.14 bits per heavy atom. The van der Waals surface area contributed by atoms with Gasteiger partial charge >= 0.3 is 0 Å². The average Bonchev–Trinajstić information content (AvgIpc) is 2.17. The Labute approximate surface area is 95.5 Å². The van der Waals surface area contributed by atoms with Crippen molar-refractivity contribution >= 4 is 33.5 Å². The number of hydrogen-bond donors (Lipinski definition) is 1. The molecule has 0 aliphatic carbocycles. The third-order valence-electron chi connectivity index (χ3n) is 2.26. The lowest BCUT2D eigenvalue weighted by Gasteiger charge is -2.04. The summed E-state index contributed by atoms with van der Waals surface area (Å²) in [4.78, 5) is 14.1. The number of hydrogen-bond acceptors (Lipinski definition) is 1. The van der Waals surface area contributed by atoms with E-state index in [1.807, 2.05) is 6.07 Å². The van der Waals surface area contributed by atoms with Crippen molar-refractivity contribution < 1.29 is 0 Å². The Morgan fingerprint density at radius 1 is 1.36 bits per heavy atom. The quantitative estimate of drug-likeness (QED) is 0.807. The summed E-state index contributed by atoms with van der Waals surface area (Å²) in [5.41, 5.74) is 2.14. The van der Waals surface area contributed by atoms with Crippen LogP contribution in [0.5, 0.6) is 0 Å². The number of H-pyrrole nitrogens is 1. The third-order valence-corrected chi connectivity index (χ3v) is 2.88. The first-order valence-corrected chi connectivity index (χ1v) is 5.60. The zero-order chi connectivity index (χ0) is 10.1. The van der Waals surface area contributed by atoms with Gasteiger partial charge in [-0.2, -0.15) is 0 Å². The highest BCUT2D eigenvalue weighted by Gasteiger charge is 2.01. The van der Waals surface area contributed by atoms with Crippen LogP contribution in [0.3, 0.4) is 0 Å². The number of fused-ring (bicyclic) bond motifs is 1. The molecule has 0 radical (unpaired) electrons. The summed E-state index contributed by atoms with van der Waals surface area (Å²) in [6, 6.07) is 7.62. The minimum atomic E-state index is -0.0339. The van der Waals surface area contributed by atoms with Crippen molar-refractivity contribution in [2.45, 2.75) is 13.3 Å². The van der Waals surface area contributed by atoms with Gasteiger partial charge in [0, 0.05) is 9.64 Å². The molecule has 0 bridgehead atoms. The molecule has 0 fully saturated rings. The van der Waals surface area contributed by atoms with E-state index in [-0.39, 0.29) is 5.56 Å². The molecule has 0 aliphatic rings. The van der Waals surface area contributed by atoms with Gasteiger partial charge < -0.3 is 4.98 Å². The highest BCUT2D eigenvalue weighted by atomic mass is 127. The maximum atomic E-state index is 11.2. The van der Waals surface area contributed by atoms with Gasteiger partial charge in [-0.25, -0.2) is 0 Å². The molecule has 14 heavy (non-hydrogen) atoms. The second kappa shape index (κ2) is 3.73. The first-order chi connectivity index (χ1) is 6.70. The van der Waals surface area contributed by atoms with Crippen LogP contribution in [-0.2, 0) is 6.42 Å². The van der Waals surface area contributed by atoms with E-state index >= 15 is 0 Å². The second-order valence-corrected chi connectivity index (χ2v) is 4.45. The van der Waals surface area contributed by atoms with Crippen molar-refractivity contribution in [3.8, 4) is 0 Å². The largest absolute Gasteiger partial charge is 0.322 e. The van der Waals surface area contributed by atoms with Crippen LogP contribution in [0, 0.1) is 3.57 Å². The van der Waals surface area contributed by atoms with Gasteiger partial charge in [-0.1, -0.05) is 6.92 Å². The van der Waals surface area contributed by atoms with E-state index in [1.165, 1.54) is 9.13 Å². The molecule has 0 atom stereocenters. The Hall–Kier alpha value is -0.840. The van der Waals surface area contributed by atoms with Crippen LogP contribution in [-0.4, -0.2) is 4.98 Å². The van der Waals surface area contributed by atoms with Crippen LogP contribution in [0.25, 0.3) is 10.9 Å². The number of nitrogens with one attached hydrogen (secondary N) is 1. The van der Waals surface area contributed by atoms with Crippen molar-refractivity contribution in [3.05, 3.63) is 43.8 Å². The van der Waals surface area contributed by atoms with Gasteiger partial charge in [-0.15, -0.1) is 0 Å². The molecule has 0 spiro atoms. The Morgan fingerprint density at radius 3 is 2.86 bits per heavy atom. The fourth-order valence-electron chi connectivity index (χ4n) is 1.58. The normalized spacial score (nSPS) is 10.7. The van der Waals surface area contributed by atoms with Crippen LogP contribution < -0.4 is 5.56 Å².